The summed E-state index contributed by atoms with van der Waals surface area (Å²) in [6.45, 7) is 1.28. The van der Waals surface area contributed by atoms with E-state index in [1.807, 2.05) is 0 Å². The molecule has 0 aliphatic rings. The van der Waals surface area contributed by atoms with Crippen molar-refractivity contribution >= 4 is 26.6 Å². The summed E-state index contributed by atoms with van der Waals surface area (Å²) in [4.78, 5) is 0. The molecule has 11 heteroatoms. The molecule has 0 aliphatic carbocycles. The van der Waals surface area contributed by atoms with Gasteiger partial charge in [-0.3, -0.25) is 0 Å². The van der Waals surface area contributed by atoms with Crippen LogP contribution in [0.3, 0.4) is 0 Å². The second-order valence-corrected chi connectivity index (χ2v) is 6.50. The van der Waals surface area contributed by atoms with Crippen LogP contribution in [-0.2, 0) is 0 Å². The highest BCUT2D eigenvalue weighted by atomic mass is 19.1. The van der Waals surface area contributed by atoms with Crippen LogP contribution in [0.5, 0.6) is 46.0 Å². The highest BCUT2D eigenvalue weighted by molar-refractivity contribution is 6.45. The summed E-state index contributed by atoms with van der Waals surface area (Å²) in [5.74, 6) is -9.17. The van der Waals surface area contributed by atoms with Crippen molar-refractivity contribution in [2.45, 2.75) is 6.92 Å². The molecule has 0 saturated heterocycles. The van der Waals surface area contributed by atoms with Gasteiger partial charge in [0.05, 0.1) is 5.56 Å². The molecule has 0 amide bonds. The van der Waals surface area contributed by atoms with Crippen LogP contribution in [0.25, 0.3) is 22.3 Å². The topological polar surface area (TPSA) is 162 Å². The maximum absolute atomic E-state index is 14.7. The molecular weight excluding hydrogens is 397 g/mol. The normalized spacial score (nSPS) is 11.0. The van der Waals surface area contributed by atoms with Crippen LogP contribution in [-0.4, -0.2) is 56.5 Å². The maximum Gasteiger partial charge on any atom is 0.208 e. The number of rotatable bonds is 2. The van der Waals surface area contributed by atoms with Crippen LogP contribution in [0.2, 0.25) is 0 Å². The van der Waals surface area contributed by atoms with Crippen molar-refractivity contribution in [2.75, 3.05) is 0 Å². The number of hydrogen-bond donors (Lipinski definition) is 8. The van der Waals surface area contributed by atoms with E-state index in [0.29, 0.717) is 0 Å². The van der Waals surface area contributed by atoms with Gasteiger partial charge in [0, 0.05) is 5.56 Å². The van der Waals surface area contributed by atoms with E-state index in [0.717, 1.165) is 12.1 Å². The third-order valence-corrected chi connectivity index (χ3v) is 4.77. The molecule has 0 spiro atoms. The van der Waals surface area contributed by atoms with Crippen LogP contribution >= 0.6 is 0 Å². The molecule has 8 N–H and O–H groups in total. The van der Waals surface area contributed by atoms with Gasteiger partial charge in [0.15, 0.2) is 23.0 Å². The predicted octanol–water partition coefficient (Wildman–Crippen LogP) is 0.701. The van der Waals surface area contributed by atoms with Crippen molar-refractivity contribution in [3.05, 3.63) is 23.5 Å². The Labute approximate surface area is 171 Å². The second kappa shape index (κ2) is 6.87. The minimum Gasteiger partial charge on any atom is -0.509 e. The summed E-state index contributed by atoms with van der Waals surface area (Å²) in [5, 5.41) is 79.5. The fraction of sp³-hybridized carbons (Fsp3) is 0.0526. The summed E-state index contributed by atoms with van der Waals surface area (Å²) in [6.07, 6.45) is 0. The van der Waals surface area contributed by atoms with Crippen molar-refractivity contribution in [3.63, 3.8) is 0 Å². The van der Waals surface area contributed by atoms with Crippen molar-refractivity contribution in [1.29, 1.82) is 0 Å². The van der Waals surface area contributed by atoms with Gasteiger partial charge < -0.3 is 40.9 Å². The lowest BCUT2D eigenvalue weighted by atomic mass is 9.78. The lowest BCUT2D eigenvalue weighted by Gasteiger charge is -2.19. The molecule has 0 saturated carbocycles. The molecular formula is C19H13B2FO8. The van der Waals surface area contributed by atoms with Crippen LogP contribution < -0.4 is 10.9 Å². The van der Waals surface area contributed by atoms with Crippen LogP contribution in [0, 0.1) is 12.7 Å². The molecule has 0 atom stereocenters. The smallest absolute Gasteiger partial charge is 0.208 e. The highest BCUT2D eigenvalue weighted by Crippen LogP contribution is 2.55. The fourth-order valence-corrected chi connectivity index (χ4v) is 3.06. The minimum absolute atomic E-state index is 0.115. The average Bonchev–Trinajstić information content (AvgIpc) is 2.71. The Morgan fingerprint density at radius 3 is 1.60 bits per heavy atom. The van der Waals surface area contributed by atoms with Gasteiger partial charge in [-0.1, -0.05) is 0 Å². The van der Waals surface area contributed by atoms with Gasteiger partial charge in [-0.15, -0.1) is 0 Å². The molecule has 0 aromatic heterocycles. The van der Waals surface area contributed by atoms with E-state index in [2.05, 4.69) is 0 Å². The van der Waals surface area contributed by atoms with Gasteiger partial charge in [-0.25, -0.2) is 4.39 Å². The Kier molecular flexibility index (Phi) is 4.77. The SMILES string of the molecule is [B]c1c(O)c([B])c(-c2cc(-c3c(O)c(O)c(O)c(O)c3O)cc(F)c2C)c(O)c1O. The van der Waals surface area contributed by atoms with Crippen molar-refractivity contribution in [2.24, 2.45) is 0 Å². The van der Waals surface area contributed by atoms with Crippen LogP contribution in [0.1, 0.15) is 5.56 Å². The summed E-state index contributed by atoms with van der Waals surface area (Å²) in [6, 6.07) is 1.91. The highest BCUT2D eigenvalue weighted by Gasteiger charge is 2.27. The second-order valence-electron chi connectivity index (χ2n) is 6.50. The molecule has 8 nitrogen and oxygen atoms in total. The first-order valence-corrected chi connectivity index (χ1v) is 8.21. The first kappa shape index (κ1) is 20.8. The van der Waals surface area contributed by atoms with Crippen LogP contribution in [0.15, 0.2) is 12.1 Å². The number of aromatic hydroxyl groups is 8. The summed E-state index contributed by atoms with van der Waals surface area (Å²) < 4.78 is 14.7. The lowest BCUT2D eigenvalue weighted by molar-refractivity contribution is 0.330. The molecule has 3 aromatic carbocycles. The van der Waals surface area contributed by atoms with Crippen molar-refractivity contribution in [1.82, 2.24) is 0 Å². The third kappa shape index (κ3) is 2.78. The molecule has 3 aromatic rings. The zero-order valence-corrected chi connectivity index (χ0v) is 15.3. The van der Waals surface area contributed by atoms with Crippen LogP contribution in [0.4, 0.5) is 4.39 Å². The Morgan fingerprint density at radius 1 is 0.600 bits per heavy atom. The Morgan fingerprint density at radius 2 is 1.07 bits per heavy atom. The summed E-state index contributed by atoms with van der Waals surface area (Å²) >= 11 is 0. The molecule has 30 heavy (non-hydrogen) atoms. The molecule has 0 fully saturated rings. The van der Waals surface area contributed by atoms with E-state index in [4.69, 9.17) is 15.7 Å². The van der Waals surface area contributed by atoms with Gasteiger partial charge in [-0.05, 0) is 46.7 Å². The van der Waals surface area contributed by atoms with E-state index in [9.17, 15) is 45.2 Å². The largest absolute Gasteiger partial charge is 0.509 e. The van der Waals surface area contributed by atoms with Crippen molar-refractivity contribution < 1.29 is 45.2 Å². The Hall–Kier alpha value is -3.88. The molecule has 4 radical (unpaired) electrons. The number of benzene rings is 3. The molecule has 0 unspecified atom stereocenters. The molecule has 3 rings (SSSR count). The zero-order chi connectivity index (χ0) is 22.7. The monoisotopic (exact) mass is 410 g/mol. The summed E-state index contributed by atoms with van der Waals surface area (Å²) in [5.41, 5.74) is -2.76. The first-order chi connectivity index (χ1) is 13.9. The zero-order valence-electron chi connectivity index (χ0n) is 15.3. The maximum atomic E-state index is 14.7. The molecule has 0 aliphatic heterocycles. The Bertz CT molecular complexity index is 1170. The average molecular weight is 410 g/mol. The van der Waals surface area contributed by atoms with Crippen molar-refractivity contribution in [3.8, 4) is 68.2 Å². The molecule has 0 heterocycles. The van der Waals surface area contributed by atoms with E-state index in [1.54, 1.807) is 0 Å². The number of phenolic OH excluding ortho intramolecular Hbond substituents is 8. The Balaban J connectivity index is 2.44. The van der Waals surface area contributed by atoms with Gasteiger partial charge >= 0.3 is 0 Å². The van der Waals surface area contributed by atoms with Gasteiger partial charge in [0.1, 0.15) is 27.3 Å². The lowest BCUT2D eigenvalue weighted by Crippen LogP contribution is -2.18. The van der Waals surface area contributed by atoms with Gasteiger partial charge in [-0.2, -0.15) is 0 Å². The summed E-state index contributed by atoms with van der Waals surface area (Å²) in [7, 11) is 11.2. The van der Waals surface area contributed by atoms with E-state index in [-0.39, 0.29) is 16.7 Å². The number of hydrogen-bond acceptors (Lipinski definition) is 8. The first-order valence-electron chi connectivity index (χ1n) is 8.21. The van der Waals surface area contributed by atoms with Gasteiger partial charge in [0.2, 0.25) is 17.2 Å². The fourth-order valence-electron chi connectivity index (χ4n) is 3.06. The third-order valence-electron chi connectivity index (χ3n) is 4.77. The number of phenols is 8. The quantitative estimate of drug-likeness (QED) is 0.174. The predicted molar refractivity (Wildman–Crippen MR) is 106 cm³/mol. The molecule has 150 valence electrons. The van der Waals surface area contributed by atoms with E-state index in [1.165, 1.54) is 6.92 Å². The van der Waals surface area contributed by atoms with Gasteiger partial charge in [0.25, 0.3) is 0 Å². The number of halogens is 1. The minimum atomic E-state index is -1.20. The van der Waals surface area contributed by atoms with E-state index >= 15 is 0 Å². The van der Waals surface area contributed by atoms with E-state index < -0.39 is 73.9 Å². The molecule has 0 bridgehead atoms. The standard InChI is InChI=1S/C19H13B2FO8/c1-4-6(9-10(20)15(26)11(21)16(27)14(9)25)2-5(3-7(4)22)8-12(23)17(28)19(30)18(29)13(8)24/h2-3,23-30H,1H3.